The van der Waals surface area contributed by atoms with Gasteiger partial charge in [0.2, 0.25) is 0 Å². The lowest BCUT2D eigenvalue weighted by Crippen LogP contribution is -2.30. The molecular formula is C15H13Cl2F3N4O. The Morgan fingerprint density at radius 2 is 1.64 bits per heavy atom. The van der Waals surface area contributed by atoms with E-state index in [0.717, 1.165) is 0 Å². The molecule has 0 spiro atoms. The molecule has 0 atom stereocenters. The number of hydrogen-bond donors (Lipinski definition) is 3. The molecule has 2 rings (SSSR count). The second-order valence-electron chi connectivity index (χ2n) is 4.89. The van der Waals surface area contributed by atoms with Gasteiger partial charge in [-0.05, 0) is 6.42 Å². The van der Waals surface area contributed by atoms with Crippen LogP contribution in [0.4, 0.5) is 29.3 Å². The Morgan fingerprint density at radius 3 is 2.24 bits per heavy atom. The van der Waals surface area contributed by atoms with Gasteiger partial charge in [0.15, 0.2) is 17.5 Å². The van der Waals surface area contributed by atoms with Gasteiger partial charge in [0.1, 0.15) is 0 Å². The van der Waals surface area contributed by atoms with E-state index in [1.54, 1.807) is 0 Å². The van der Waals surface area contributed by atoms with Crippen molar-refractivity contribution in [1.29, 1.82) is 0 Å². The summed E-state index contributed by atoms with van der Waals surface area (Å²) in [5.74, 6) is -4.36. The quantitative estimate of drug-likeness (QED) is 0.503. The average molecular weight is 393 g/mol. The fourth-order valence-electron chi connectivity index (χ4n) is 1.89. The largest absolute Gasteiger partial charge is 0.382 e. The molecule has 1 heterocycles. The number of benzene rings is 1. The van der Waals surface area contributed by atoms with Crippen LogP contribution in [0.1, 0.15) is 6.42 Å². The first kappa shape index (κ1) is 19.1. The van der Waals surface area contributed by atoms with E-state index in [4.69, 9.17) is 23.2 Å². The number of hydrogen-bond acceptors (Lipinski definition) is 3. The first-order valence-corrected chi connectivity index (χ1v) is 7.86. The van der Waals surface area contributed by atoms with Gasteiger partial charge in [0.05, 0.1) is 15.7 Å². The molecule has 1 aromatic carbocycles. The van der Waals surface area contributed by atoms with Gasteiger partial charge in [-0.25, -0.2) is 18.0 Å². The molecule has 0 fully saturated rings. The molecule has 0 saturated heterocycles. The normalized spacial score (nSPS) is 10.4. The van der Waals surface area contributed by atoms with E-state index in [-0.39, 0.29) is 12.2 Å². The third-order valence-electron chi connectivity index (χ3n) is 3.04. The van der Waals surface area contributed by atoms with Crippen LogP contribution >= 0.6 is 23.2 Å². The number of carbonyl (C=O) groups excluding carboxylic acids is 1. The van der Waals surface area contributed by atoms with E-state index in [1.807, 2.05) is 0 Å². The van der Waals surface area contributed by atoms with Crippen LogP contribution in [-0.2, 0) is 0 Å². The summed E-state index contributed by atoms with van der Waals surface area (Å²) >= 11 is 11.9. The van der Waals surface area contributed by atoms with Gasteiger partial charge in [0, 0.05) is 43.3 Å². The summed E-state index contributed by atoms with van der Waals surface area (Å²) in [6.45, 7) is 0.731. The van der Waals surface area contributed by atoms with Crippen LogP contribution in [0.3, 0.4) is 0 Å². The summed E-state index contributed by atoms with van der Waals surface area (Å²) < 4.78 is 38.9. The van der Waals surface area contributed by atoms with Gasteiger partial charge in [-0.1, -0.05) is 23.2 Å². The van der Waals surface area contributed by atoms with E-state index < -0.39 is 23.5 Å². The highest BCUT2D eigenvalue weighted by atomic mass is 35.5. The number of urea groups is 1. The standard InChI is InChI=1S/C15H13Cl2F3N4O/c16-9-6-21-7-10(17)14(9)22-2-1-3-23-15(25)24-8-4-11(18)13(20)12(19)5-8/h4-7H,1-3H2,(H,21,22)(H2,23,24,25). The zero-order valence-electron chi connectivity index (χ0n) is 12.7. The van der Waals surface area contributed by atoms with Crippen LogP contribution in [0, 0.1) is 17.5 Å². The zero-order valence-corrected chi connectivity index (χ0v) is 14.2. The van der Waals surface area contributed by atoms with Crippen molar-refractivity contribution in [2.75, 3.05) is 23.7 Å². The number of amides is 2. The smallest absolute Gasteiger partial charge is 0.319 e. The first-order chi connectivity index (χ1) is 11.9. The zero-order chi connectivity index (χ0) is 18.4. The molecule has 0 radical (unpaired) electrons. The number of carbonyl (C=O) groups is 1. The number of aromatic nitrogens is 1. The van der Waals surface area contributed by atoms with Crippen LogP contribution in [-0.4, -0.2) is 24.1 Å². The highest BCUT2D eigenvalue weighted by Crippen LogP contribution is 2.28. The lowest BCUT2D eigenvalue weighted by molar-refractivity contribution is 0.252. The van der Waals surface area contributed by atoms with E-state index >= 15 is 0 Å². The van der Waals surface area contributed by atoms with E-state index in [9.17, 15) is 18.0 Å². The van der Waals surface area contributed by atoms with Gasteiger partial charge in [0.25, 0.3) is 0 Å². The summed E-state index contributed by atoms with van der Waals surface area (Å²) in [6, 6.07) is 0.699. The second kappa shape index (κ2) is 8.77. The predicted octanol–water partition coefficient (Wildman–Crippen LogP) is 4.43. The van der Waals surface area contributed by atoms with Crippen LogP contribution in [0.15, 0.2) is 24.5 Å². The topological polar surface area (TPSA) is 66.0 Å². The van der Waals surface area contributed by atoms with Crippen LogP contribution < -0.4 is 16.0 Å². The Bertz CT molecular complexity index is 733. The molecule has 0 unspecified atom stereocenters. The maximum atomic E-state index is 13.0. The summed E-state index contributed by atoms with van der Waals surface area (Å²) in [6.07, 6.45) is 3.42. The minimum absolute atomic E-state index is 0.192. The van der Waals surface area contributed by atoms with Crippen LogP contribution in [0.25, 0.3) is 0 Å². The molecule has 5 nitrogen and oxygen atoms in total. The Kier molecular flexibility index (Phi) is 6.72. The molecule has 0 aliphatic carbocycles. The molecule has 0 aliphatic heterocycles. The van der Waals surface area contributed by atoms with Crippen LogP contribution in [0.5, 0.6) is 0 Å². The molecule has 10 heteroatoms. The number of halogens is 5. The summed E-state index contributed by atoms with van der Waals surface area (Å²) in [7, 11) is 0. The van der Waals surface area contributed by atoms with Gasteiger partial charge < -0.3 is 16.0 Å². The number of nitrogens with zero attached hydrogens (tertiary/aromatic N) is 1. The molecule has 25 heavy (non-hydrogen) atoms. The average Bonchev–Trinajstić information content (AvgIpc) is 2.54. The highest BCUT2D eigenvalue weighted by molar-refractivity contribution is 6.38. The summed E-state index contributed by atoms with van der Waals surface area (Å²) in [5, 5.41) is 8.46. The molecule has 0 saturated carbocycles. The molecule has 0 aliphatic rings. The van der Waals surface area contributed by atoms with Gasteiger partial charge in [-0.2, -0.15) is 0 Å². The van der Waals surface area contributed by atoms with Crippen molar-refractivity contribution >= 4 is 40.6 Å². The van der Waals surface area contributed by atoms with Crippen molar-refractivity contribution in [2.24, 2.45) is 0 Å². The number of pyridine rings is 1. The molecule has 0 bridgehead atoms. The van der Waals surface area contributed by atoms with E-state index in [0.29, 0.717) is 40.8 Å². The van der Waals surface area contributed by atoms with Crippen molar-refractivity contribution in [2.45, 2.75) is 6.42 Å². The lowest BCUT2D eigenvalue weighted by atomic mass is 10.3. The van der Waals surface area contributed by atoms with Crippen LogP contribution in [0.2, 0.25) is 10.0 Å². The maximum Gasteiger partial charge on any atom is 0.319 e. The Balaban J connectivity index is 1.74. The SMILES string of the molecule is O=C(NCCCNc1c(Cl)cncc1Cl)Nc1cc(F)c(F)c(F)c1. The molecular weight excluding hydrogens is 380 g/mol. The minimum atomic E-state index is -1.59. The fourth-order valence-corrected chi connectivity index (χ4v) is 2.39. The van der Waals surface area contributed by atoms with Gasteiger partial charge >= 0.3 is 6.03 Å². The summed E-state index contributed by atoms with van der Waals surface area (Å²) in [4.78, 5) is 15.5. The maximum absolute atomic E-state index is 13.0. The number of anilines is 2. The second-order valence-corrected chi connectivity index (χ2v) is 5.71. The molecule has 2 amide bonds. The summed E-state index contributed by atoms with van der Waals surface area (Å²) in [5.41, 5.74) is 0.349. The predicted molar refractivity (Wildman–Crippen MR) is 90.7 cm³/mol. The molecule has 3 N–H and O–H groups in total. The van der Waals surface area contributed by atoms with Gasteiger partial charge in [-0.15, -0.1) is 0 Å². The van der Waals surface area contributed by atoms with Crippen molar-refractivity contribution < 1.29 is 18.0 Å². The van der Waals surface area contributed by atoms with Crippen molar-refractivity contribution in [3.8, 4) is 0 Å². The van der Waals surface area contributed by atoms with Crippen molar-refractivity contribution in [1.82, 2.24) is 10.3 Å². The van der Waals surface area contributed by atoms with E-state index in [1.165, 1.54) is 12.4 Å². The molecule has 1 aromatic heterocycles. The Hall–Kier alpha value is -2.19. The van der Waals surface area contributed by atoms with E-state index in [2.05, 4.69) is 20.9 Å². The third kappa shape index (κ3) is 5.40. The Labute approximate surface area is 151 Å². The monoisotopic (exact) mass is 392 g/mol. The Morgan fingerprint density at radius 1 is 1.04 bits per heavy atom. The minimum Gasteiger partial charge on any atom is -0.382 e. The van der Waals surface area contributed by atoms with Crippen molar-refractivity contribution in [3.05, 3.63) is 52.0 Å². The highest BCUT2D eigenvalue weighted by Gasteiger charge is 2.12. The van der Waals surface area contributed by atoms with Gasteiger partial charge in [-0.3, -0.25) is 4.98 Å². The fraction of sp³-hybridized carbons (Fsp3) is 0.200. The first-order valence-electron chi connectivity index (χ1n) is 7.10. The molecule has 2 aromatic rings. The number of nitrogens with one attached hydrogen (secondary N) is 3. The van der Waals surface area contributed by atoms with Crippen molar-refractivity contribution in [3.63, 3.8) is 0 Å². The number of rotatable bonds is 6. The lowest BCUT2D eigenvalue weighted by Gasteiger charge is -2.11. The molecule has 134 valence electrons. The third-order valence-corrected chi connectivity index (χ3v) is 3.61.